The van der Waals surface area contributed by atoms with E-state index in [1.54, 1.807) is 0 Å². The molecule has 3 nitrogen and oxygen atoms in total. The maximum absolute atomic E-state index is 8.49. The third-order valence-electron chi connectivity index (χ3n) is 1.59. The van der Waals surface area contributed by atoms with Crippen molar-refractivity contribution in [2.24, 2.45) is 0 Å². The molecule has 0 aromatic rings. The summed E-state index contributed by atoms with van der Waals surface area (Å²) in [6.45, 7) is 4.46. The summed E-state index contributed by atoms with van der Waals surface area (Å²) >= 11 is 0. The van der Waals surface area contributed by atoms with Gasteiger partial charge in [-0.25, -0.2) is 0 Å². The molecule has 1 unspecified atom stereocenters. The van der Waals surface area contributed by atoms with Crippen LogP contribution in [0.2, 0.25) is 0 Å². The van der Waals surface area contributed by atoms with E-state index in [1.807, 2.05) is 7.05 Å². The second-order valence-electron chi connectivity index (χ2n) is 2.84. The van der Waals surface area contributed by atoms with Gasteiger partial charge < -0.3 is 15.7 Å². The molecule has 0 radical (unpaired) electrons. The predicted octanol–water partition coefficient (Wildman–Crippen LogP) is -0.0436. The monoisotopic (exact) mass is 160 g/mol. The van der Waals surface area contributed by atoms with E-state index in [4.69, 9.17) is 5.11 Å². The molecule has 3 N–H and O–H groups in total. The molecule has 0 aliphatic carbocycles. The van der Waals surface area contributed by atoms with E-state index in [2.05, 4.69) is 17.6 Å². The highest BCUT2D eigenvalue weighted by Gasteiger charge is 1.96. The molecule has 3 heteroatoms. The van der Waals surface area contributed by atoms with Gasteiger partial charge in [0, 0.05) is 19.2 Å². The van der Waals surface area contributed by atoms with Crippen LogP contribution < -0.4 is 10.6 Å². The number of aliphatic hydroxyl groups excluding tert-OH is 1. The lowest BCUT2D eigenvalue weighted by Gasteiger charge is -2.12. The predicted molar refractivity (Wildman–Crippen MR) is 47.7 cm³/mol. The Morgan fingerprint density at radius 2 is 2.09 bits per heavy atom. The Labute approximate surface area is 69.2 Å². The lowest BCUT2D eigenvalue weighted by molar-refractivity contribution is 0.282. The van der Waals surface area contributed by atoms with Gasteiger partial charge in [-0.05, 0) is 33.4 Å². The molecule has 0 heterocycles. The number of unbranched alkanes of at least 4 members (excludes halogenated alkanes) is 1. The summed E-state index contributed by atoms with van der Waals surface area (Å²) in [4.78, 5) is 0. The van der Waals surface area contributed by atoms with Gasteiger partial charge in [-0.2, -0.15) is 0 Å². The lowest BCUT2D eigenvalue weighted by Crippen LogP contribution is -2.35. The molecule has 11 heavy (non-hydrogen) atoms. The van der Waals surface area contributed by atoms with Crippen molar-refractivity contribution in [1.82, 2.24) is 10.6 Å². The van der Waals surface area contributed by atoms with Crippen molar-refractivity contribution >= 4 is 0 Å². The highest BCUT2D eigenvalue weighted by atomic mass is 16.2. The maximum Gasteiger partial charge on any atom is 0.0431 e. The van der Waals surface area contributed by atoms with Crippen molar-refractivity contribution in [2.45, 2.75) is 25.8 Å². The van der Waals surface area contributed by atoms with Crippen LogP contribution in [-0.4, -0.2) is 37.9 Å². The Kier molecular flexibility index (Phi) is 7.89. The molecule has 0 rings (SSSR count). The van der Waals surface area contributed by atoms with E-state index in [0.717, 1.165) is 25.9 Å². The van der Waals surface area contributed by atoms with Gasteiger partial charge in [0.1, 0.15) is 0 Å². The van der Waals surface area contributed by atoms with Gasteiger partial charge in [-0.15, -0.1) is 0 Å². The Balaban J connectivity index is 2.97. The van der Waals surface area contributed by atoms with Crippen molar-refractivity contribution in [3.05, 3.63) is 0 Å². The van der Waals surface area contributed by atoms with Gasteiger partial charge in [0.15, 0.2) is 0 Å². The first kappa shape index (κ1) is 10.9. The molecular formula is C8H20N2O. The number of rotatable bonds is 7. The molecule has 0 aromatic carbocycles. The molecule has 0 spiro atoms. The minimum absolute atomic E-state index is 0.308. The Morgan fingerprint density at radius 3 is 2.64 bits per heavy atom. The SMILES string of the molecule is CNCC(C)NCCCCO. The molecule has 0 aliphatic rings. The maximum atomic E-state index is 8.49. The topological polar surface area (TPSA) is 44.3 Å². The zero-order valence-corrected chi connectivity index (χ0v) is 7.56. The normalized spacial score (nSPS) is 13.4. The number of aliphatic hydroxyl groups is 1. The zero-order chi connectivity index (χ0) is 8.53. The van der Waals surface area contributed by atoms with Crippen LogP contribution >= 0.6 is 0 Å². The lowest BCUT2D eigenvalue weighted by atomic mass is 10.3. The largest absolute Gasteiger partial charge is 0.396 e. The molecule has 0 saturated carbocycles. The average molecular weight is 160 g/mol. The van der Waals surface area contributed by atoms with Crippen LogP contribution in [0, 0.1) is 0 Å². The van der Waals surface area contributed by atoms with E-state index in [9.17, 15) is 0 Å². The zero-order valence-electron chi connectivity index (χ0n) is 7.56. The van der Waals surface area contributed by atoms with Crippen LogP contribution in [0.5, 0.6) is 0 Å². The Hall–Kier alpha value is -0.120. The second-order valence-corrected chi connectivity index (χ2v) is 2.84. The van der Waals surface area contributed by atoms with Gasteiger partial charge in [0.05, 0.1) is 0 Å². The van der Waals surface area contributed by atoms with Gasteiger partial charge >= 0.3 is 0 Å². The van der Waals surface area contributed by atoms with Gasteiger partial charge in [-0.1, -0.05) is 0 Å². The highest BCUT2D eigenvalue weighted by Crippen LogP contribution is 1.85. The Bertz CT molecular complexity index is 78.5. The van der Waals surface area contributed by atoms with Crippen LogP contribution in [-0.2, 0) is 0 Å². The van der Waals surface area contributed by atoms with Crippen molar-refractivity contribution in [2.75, 3.05) is 26.7 Å². The van der Waals surface area contributed by atoms with Crippen molar-refractivity contribution in [3.8, 4) is 0 Å². The van der Waals surface area contributed by atoms with Gasteiger partial charge in [0.25, 0.3) is 0 Å². The number of nitrogens with one attached hydrogen (secondary N) is 2. The van der Waals surface area contributed by atoms with Crippen molar-refractivity contribution in [1.29, 1.82) is 0 Å². The molecule has 0 aliphatic heterocycles. The Morgan fingerprint density at radius 1 is 1.36 bits per heavy atom. The standard InChI is InChI=1S/C8H20N2O/c1-8(7-9-2)10-5-3-4-6-11/h8-11H,3-7H2,1-2H3. The summed E-state index contributed by atoms with van der Waals surface area (Å²) in [5.41, 5.74) is 0. The van der Waals surface area contributed by atoms with Crippen LogP contribution in [0.4, 0.5) is 0 Å². The summed E-state index contributed by atoms with van der Waals surface area (Å²) in [7, 11) is 1.95. The van der Waals surface area contributed by atoms with E-state index in [1.165, 1.54) is 0 Å². The molecule has 0 saturated heterocycles. The summed E-state index contributed by atoms with van der Waals surface area (Å²) in [5, 5.41) is 14.9. The van der Waals surface area contributed by atoms with Crippen LogP contribution in [0.3, 0.4) is 0 Å². The highest BCUT2D eigenvalue weighted by molar-refractivity contribution is 4.61. The summed E-state index contributed by atoms with van der Waals surface area (Å²) in [5.74, 6) is 0. The summed E-state index contributed by atoms with van der Waals surface area (Å²) in [6.07, 6.45) is 1.96. The molecule has 0 amide bonds. The second kappa shape index (κ2) is 7.98. The van der Waals surface area contributed by atoms with Gasteiger partial charge in [-0.3, -0.25) is 0 Å². The molecule has 0 aromatic heterocycles. The third kappa shape index (κ3) is 7.78. The quantitative estimate of drug-likeness (QED) is 0.458. The number of hydrogen-bond acceptors (Lipinski definition) is 3. The summed E-state index contributed by atoms with van der Waals surface area (Å²) < 4.78 is 0. The molecule has 0 bridgehead atoms. The smallest absolute Gasteiger partial charge is 0.0431 e. The molecule has 0 fully saturated rings. The average Bonchev–Trinajstić information content (AvgIpc) is 1.99. The fourth-order valence-electron chi connectivity index (χ4n) is 0.964. The van der Waals surface area contributed by atoms with Gasteiger partial charge in [0.2, 0.25) is 0 Å². The minimum atomic E-state index is 0.308. The fraction of sp³-hybridized carbons (Fsp3) is 1.00. The molecular weight excluding hydrogens is 140 g/mol. The minimum Gasteiger partial charge on any atom is -0.396 e. The summed E-state index contributed by atoms with van der Waals surface area (Å²) in [6, 6.07) is 0.527. The number of likely N-dealkylation sites (N-methyl/N-ethyl adjacent to an activating group) is 1. The van der Waals surface area contributed by atoms with Crippen LogP contribution in [0.1, 0.15) is 19.8 Å². The van der Waals surface area contributed by atoms with E-state index < -0.39 is 0 Å². The first-order chi connectivity index (χ1) is 5.31. The molecule has 1 atom stereocenters. The van der Waals surface area contributed by atoms with Crippen LogP contribution in [0.15, 0.2) is 0 Å². The van der Waals surface area contributed by atoms with Crippen molar-refractivity contribution < 1.29 is 5.11 Å². The first-order valence-corrected chi connectivity index (χ1v) is 4.30. The van der Waals surface area contributed by atoms with Crippen LogP contribution in [0.25, 0.3) is 0 Å². The van der Waals surface area contributed by atoms with E-state index in [0.29, 0.717) is 12.6 Å². The third-order valence-corrected chi connectivity index (χ3v) is 1.59. The number of hydrogen-bond donors (Lipinski definition) is 3. The first-order valence-electron chi connectivity index (χ1n) is 4.30. The fourth-order valence-corrected chi connectivity index (χ4v) is 0.964. The van der Waals surface area contributed by atoms with E-state index in [-0.39, 0.29) is 0 Å². The van der Waals surface area contributed by atoms with Crippen molar-refractivity contribution in [3.63, 3.8) is 0 Å². The molecule has 68 valence electrons. The van der Waals surface area contributed by atoms with E-state index >= 15 is 0 Å².